The van der Waals surface area contributed by atoms with Crippen molar-refractivity contribution in [3.63, 3.8) is 0 Å². The third kappa shape index (κ3) is 3.42. The van der Waals surface area contributed by atoms with Crippen LogP contribution in [0.25, 0.3) is 11.0 Å². The van der Waals surface area contributed by atoms with Gasteiger partial charge >= 0.3 is 0 Å². The lowest BCUT2D eigenvalue weighted by molar-refractivity contribution is 0.798. The molecule has 3 aromatic rings. The minimum atomic E-state index is 0. The number of nitrogens with one attached hydrogen (secondary N) is 1. The topological polar surface area (TPSA) is 45.5 Å². The predicted molar refractivity (Wildman–Crippen MR) is 118 cm³/mol. The highest BCUT2D eigenvalue weighted by molar-refractivity contribution is 14.0. The summed E-state index contributed by atoms with van der Waals surface area (Å²) in [5.74, 6) is 1.91. The lowest BCUT2D eigenvalue weighted by Crippen LogP contribution is -2.40. The number of benzene rings is 2. The number of aryl methyl sites for hydroxylation is 1. The Balaban J connectivity index is 0.00000196. The first kappa shape index (κ1) is 18.7. The average molecular weight is 461 g/mol. The van der Waals surface area contributed by atoms with Crippen LogP contribution in [0.3, 0.4) is 0 Å². The van der Waals surface area contributed by atoms with Crippen molar-refractivity contribution in [1.29, 1.82) is 0 Å². The number of aliphatic imine (C=N–C) groups is 1. The van der Waals surface area contributed by atoms with Gasteiger partial charge in [-0.3, -0.25) is 0 Å². The van der Waals surface area contributed by atoms with Gasteiger partial charge < -0.3 is 14.8 Å². The van der Waals surface area contributed by atoms with Crippen LogP contribution in [0.2, 0.25) is 0 Å². The molecule has 6 heteroatoms. The van der Waals surface area contributed by atoms with Gasteiger partial charge in [-0.1, -0.05) is 30.3 Å². The van der Waals surface area contributed by atoms with Gasteiger partial charge in [0, 0.05) is 25.8 Å². The van der Waals surface area contributed by atoms with Gasteiger partial charge in [0.15, 0.2) is 5.96 Å². The van der Waals surface area contributed by atoms with Crippen LogP contribution in [0, 0.1) is 0 Å². The first-order valence-electron chi connectivity index (χ1n) is 8.82. The number of aromatic nitrogens is 2. The first-order chi connectivity index (χ1) is 12.3. The number of rotatable bonds is 3. The highest BCUT2D eigenvalue weighted by Crippen LogP contribution is 2.27. The summed E-state index contributed by atoms with van der Waals surface area (Å²) in [5, 5.41) is 3.43. The normalized spacial score (nSPS) is 13.6. The quantitative estimate of drug-likeness (QED) is 0.368. The second-order valence-electron chi connectivity index (χ2n) is 6.28. The molecule has 0 fully saturated rings. The molecule has 4 rings (SSSR count). The fraction of sp³-hybridized carbons (Fsp3) is 0.300. The summed E-state index contributed by atoms with van der Waals surface area (Å²) in [6, 6.07) is 16.8. The van der Waals surface area contributed by atoms with E-state index in [0.29, 0.717) is 6.54 Å². The van der Waals surface area contributed by atoms with Gasteiger partial charge in [-0.15, -0.1) is 24.0 Å². The molecule has 0 saturated carbocycles. The molecule has 5 nitrogen and oxygen atoms in total. The van der Waals surface area contributed by atoms with Gasteiger partial charge in [0.2, 0.25) is 0 Å². The van der Waals surface area contributed by atoms with E-state index >= 15 is 0 Å². The zero-order valence-electron chi connectivity index (χ0n) is 15.1. The van der Waals surface area contributed by atoms with Crippen molar-refractivity contribution >= 4 is 46.7 Å². The Labute approximate surface area is 171 Å². The van der Waals surface area contributed by atoms with E-state index in [9.17, 15) is 0 Å². The highest BCUT2D eigenvalue weighted by atomic mass is 127. The van der Waals surface area contributed by atoms with Crippen LogP contribution in [0.5, 0.6) is 0 Å². The van der Waals surface area contributed by atoms with Crippen molar-refractivity contribution in [3.8, 4) is 0 Å². The molecule has 136 valence electrons. The number of nitrogens with zero attached hydrogens (tertiary/aromatic N) is 4. The Bertz CT molecular complexity index is 931. The second kappa shape index (κ2) is 8.07. The Morgan fingerprint density at radius 1 is 1.15 bits per heavy atom. The van der Waals surface area contributed by atoms with Gasteiger partial charge in [-0.25, -0.2) is 9.98 Å². The number of fused-ring (bicyclic) bond motifs is 2. The minimum Gasteiger partial charge on any atom is -0.356 e. The molecule has 0 bridgehead atoms. The van der Waals surface area contributed by atoms with Gasteiger partial charge in [-0.05, 0) is 37.1 Å². The molecule has 1 N–H and O–H groups in total. The minimum absolute atomic E-state index is 0. The highest BCUT2D eigenvalue weighted by Gasteiger charge is 2.22. The summed E-state index contributed by atoms with van der Waals surface area (Å²) in [4.78, 5) is 11.9. The molecular weight excluding hydrogens is 437 g/mol. The van der Waals surface area contributed by atoms with E-state index in [2.05, 4.69) is 59.1 Å². The molecule has 0 amide bonds. The van der Waals surface area contributed by atoms with E-state index in [1.807, 2.05) is 18.2 Å². The van der Waals surface area contributed by atoms with Crippen molar-refractivity contribution in [3.05, 3.63) is 59.9 Å². The molecule has 0 spiro atoms. The Morgan fingerprint density at radius 2 is 1.92 bits per heavy atom. The Hall–Kier alpha value is -2.09. The maximum Gasteiger partial charge on any atom is 0.198 e. The molecule has 1 aliphatic heterocycles. The molecule has 26 heavy (non-hydrogen) atoms. The Morgan fingerprint density at radius 3 is 2.73 bits per heavy atom. The van der Waals surface area contributed by atoms with Crippen LogP contribution in [-0.4, -0.2) is 28.6 Å². The maximum absolute atomic E-state index is 4.87. The van der Waals surface area contributed by atoms with Crippen LogP contribution in [0.4, 0.5) is 5.69 Å². The second-order valence-corrected chi connectivity index (χ2v) is 6.28. The van der Waals surface area contributed by atoms with E-state index in [1.165, 1.54) is 11.3 Å². The zero-order chi connectivity index (χ0) is 17.2. The van der Waals surface area contributed by atoms with Gasteiger partial charge in [-0.2, -0.15) is 0 Å². The van der Waals surface area contributed by atoms with Crippen LogP contribution < -0.4 is 10.2 Å². The molecule has 0 atom stereocenters. The third-order valence-electron chi connectivity index (χ3n) is 4.73. The number of anilines is 1. The number of halogens is 1. The fourth-order valence-corrected chi connectivity index (χ4v) is 3.44. The number of hydrogen-bond acceptors (Lipinski definition) is 2. The molecule has 0 unspecified atom stereocenters. The molecular formula is C20H24IN5. The van der Waals surface area contributed by atoms with Crippen molar-refractivity contribution in [2.45, 2.75) is 19.9 Å². The van der Waals surface area contributed by atoms with E-state index in [0.717, 1.165) is 42.3 Å². The first-order valence-corrected chi connectivity index (χ1v) is 8.82. The van der Waals surface area contributed by atoms with Crippen LogP contribution >= 0.6 is 24.0 Å². The summed E-state index contributed by atoms with van der Waals surface area (Å²) in [5.41, 5.74) is 4.80. The maximum atomic E-state index is 4.87. The van der Waals surface area contributed by atoms with Crippen molar-refractivity contribution in [1.82, 2.24) is 14.9 Å². The third-order valence-corrected chi connectivity index (χ3v) is 4.73. The SMILES string of the molecule is CCNC(=NCc1nc2ccccc2n1C)N1CCc2ccccc21.I. The number of para-hydroxylation sites is 3. The summed E-state index contributed by atoms with van der Waals surface area (Å²) in [6.45, 7) is 4.48. The summed E-state index contributed by atoms with van der Waals surface area (Å²) < 4.78 is 2.13. The van der Waals surface area contributed by atoms with E-state index in [1.54, 1.807) is 0 Å². The molecule has 0 saturated heterocycles. The lowest BCUT2D eigenvalue weighted by Gasteiger charge is -2.22. The van der Waals surface area contributed by atoms with Crippen LogP contribution in [0.15, 0.2) is 53.5 Å². The molecule has 0 radical (unpaired) electrons. The molecule has 1 aromatic heterocycles. The monoisotopic (exact) mass is 461 g/mol. The van der Waals surface area contributed by atoms with Crippen LogP contribution in [-0.2, 0) is 20.0 Å². The summed E-state index contributed by atoms with van der Waals surface area (Å²) in [7, 11) is 2.05. The lowest BCUT2D eigenvalue weighted by atomic mass is 10.2. The predicted octanol–water partition coefficient (Wildman–Crippen LogP) is 3.72. The van der Waals surface area contributed by atoms with Gasteiger partial charge in [0.1, 0.15) is 12.4 Å². The van der Waals surface area contributed by atoms with Gasteiger partial charge in [0.05, 0.1) is 11.0 Å². The van der Waals surface area contributed by atoms with Gasteiger partial charge in [0.25, 0.3) is 0 Å². The van der Waals surface area contributed by atoms with E-state index < -0.39 is 0 Å². The summed E-state index contributed by atoms with van der Waals surface area (Å²) in [6.07, 6.45) is 1.06. The van der Waals surface area contributed by atoms with E-state index in [4.69, 9.17) is 9.98 Å². The van der Waals surface area contributed by atoms with Crippen molar-refractivity contribution in [2.75, 3.05) is 18.0 Å². The largest absolute Gasteiger partial charge is 0.356 e. The average Bonchev–Trinajstić information content (AvgIpc) is 3.21. The number of guanidine groups is 1. The van der Waals surface area contributed by atoms with Crippen LogP contribution in [0.1, 0.15) is 18.3 Å². The molecule has 2 aromatic carbocycles. The molecule has 1 aliphatic rings. The fourth-order valence-electron chi connectivity index (χ4n) is 3.44. The zero-order valence-corrected chi connectivity index (χ0v) is 17.5. The van der Waals surface area contributed by atoms with E-state index in [-0.39, 0.29) is 24.0 Å². The number of imidazole rings is 1. The molecule has 2 heterocycles. The molecule has 0 aliphatic carbocycles. The summed E-state index contributed by atoms with van der Waals surface area (Å²) >= 11 is 0. The Kier molecular flexibility index (Phi) is 5.80. The standard InChI is InChI=1S/C20H23N5.HI/c1-3-21-20(25-13-12-15-8-4-6-10-17(15)25)22-14-19-23-16-9-5-7-11-18(16)24(19)2;/h4-11H,3,12-14H2,1-2H3,(H,21,22);1H. The van der Waals surface area contributed by atoms with Crippen molar-refractivity contribution < 1.29 is 0 Å². The van der Waals surface area contributed by atoms with Crippen molar-refractivity contribution in [2.24, 2.45) is 12.0 Å². The number of hydrogen-bond donors (Lipinski definition) is 1. The smallest absolute Gasteiger partial charge is 0.198 e.